The Morgan fingerprint density at radius 1 is 1.14 bits per heavy atom. The molecule has 116 valence electrons. The van der Waals surface area contributed by atoms with Crippen LogP contribution < -0.4 is 5.32 Å². The summed E-state index contributed by atoms with van der Waals surface area (Å²) in [5.41, 5.74) is 2.31. The van der Waals surface area contributed by atoms with Gasteiger partial charge in [-0.05, 0) is 18.1 Å². The Labute approximate surface area is 131 Å². The first-order valence-electron chi connectivity index (χ1n) is 7.71. The predicted molar refractivity (Wildman–Crippen MR) is 86.8 cm³/mol. The fourth-order valence-corrected chi connectivity index (χ4v) is 2.58. The van der Waals surface area contributed by atoms with Gasteiger partial charge in [-0.25, -0.2) is 9.97 Å². The molecule has 1 fully saturated rings. The number of aryl methyl sites for hydroxylation is 1. The molecule has 2 aromatic rings. The van der Waals surface area contributed by atoms with Gasteiger partial charge in [-0.15, -0.1) is 0 Å². The Morgan fingerprint density at radius 2 is 1.82 bits per heavy atom. The molecule has 5 nitrogen and oxygen atoms in total. The molecule has 1 aliphatic rings. The molecule has 0 saturated carbocycles. The van der Waals surface area contributed by atoms with Gasteiger partial charge in [-0.2, -0.15) is 0 Å². The van der Waals surface area contributed by atoms with Crippen LogP contribution in [0.25, 0.3) is 0 Å². The highest BCUT2D eigenvalue weighted by Gasteiger charge is 2.18. The van der Waals surface area contributed by atoms with Gasteiger partial charge in [-0.1, -0.05) is 30.3 Å². The molecule has 22 heavy (non-hydrogen) atoms. The minimum absolute atomic E-state index is 0.169. The number of ether oxygens (including phenoxy) is 1. The van der Waals surface area contributed by atoms with Crippen LogP contribution in [-0.2, 0) is 4.74 Å². The number of anilines is 1. The fraction of sp³-hybridized carbons (Fsp3) is 0.412. The number of rotatable bonds is 5. The standard InChI is InChI=1S/C17H22N4O/c1-14-11-18-17(19-12-14)20-16(15-5-3-2-4-6-15)13-21-7-9-22-10-8-21/h2-6,11-12,16H,7-10,13H2,1H3,(H,18,19,20). The van der Waals surface area contributed by atoms with Crippen molar-refractivity contribution in [2.24, 2.45) is 0 Å². The van der Waals surface area contributed by atoms with Gasteiger partial charge >= 0.3 is 0 Å². The Balaban J connectivity index is 1.74. The normalized spacial score (nSPS) is 17.1. The maximum absolute atomic E-state index is 5.43. The summed E-state index contributed by atoms with van der Waals surface area (Å²) in [4.78, 5) is 11.2. The van der Waals surface area contributed by atoms with Crippen LogP contribution in [0.5, 0.6) is 0 Å². The highest BCUT2D eigenvalue weighted by molar-refractivity contribution is 5.32. The van der Waals surface area contributed by atoms with Gasteiger partial charge in [0, 0.05) is 32.0 Å². The van der Waals surface area contributed by atoms with Crippen LogP contribution in [0, 0.1) is 6.92 Å². The van der Waals surface area contributed by atoms with Gasteiger partial charge in [0.2, 0.25) is 5.95 Å². The quantitative estimate of drug-likeness (QED) is 0.917. The van der Waals surface area contributed by atoms with Crippen LogP contribution >= 0.6 is 0 Å². The van der Waals surface area contributed by atoms with Gasteiger partial charge in [0.25, 0.3) is 0 Å². The highest BCUT2D eigenvalue weighted by atomic mass is 16.5. The van der Waals surface area contributed by atoms with E-state index in [1.807, 2.05) is 25.4 Å². The van der Waals surface area contributed by atoms with E-state index in [9.17, 15) is 0 Å². The van der Waals surface area contributed by atoms with E-state index >= 15 is 0 Å². The van der Waals surface area contributed by atoms with E-state index in [-0.39, 0.29) is 6.04 Å². The van der Waals surface area contributed by atoms with Crippen LogP contribution in [0.3, 0.4) is 0 Å². The molecule has 1 saturated heterocycles. The average Bonchev–Trinajstić information content (AvgIpc) is 2.58. The molecular formula is C17H22N4O. The third kappa shape index (κ3) is 4.02. The number of benzene rings is 1. The molecule has 1 atom stereocenters. The van der Waals surface area contributed by atoms with Gasteiger partial charge in [0.15, 0.2) is 0 Å². The average molecular weight is 298 g/mol. The van der Waals surface area contributed by atoms with E-state index in [0.717, 1.165) is 38.4 Å². The molecule has 5 heteroatoms. The number of hydrogen-bond acceptors (Lipinski definition) is 5. The Morgan fingerprint density at radius 3 is 2.50 bits per heavy atom. The lowest BCUT2D eigenvalue weighted by Gasteiger charge is -2.31. The van der Waals surface area contributed by atoms with E-state index < -0.39 is 0 Å². The number of morpholine rings is 1. The third-order valence-corrected chi connectivity index (χ3v) is 3.83. The second-order valence-electron chi connectivity index (χ2n) is 5.60. The Hall–Kier alpha value is -1.98. The smallest absolute Gasteiger partial charge is 0.223 e. The lowest BCUT2D eigenvalue weighted by Crippen LogP contribution is -2.40. The van der Waals surface area contributed by atoms with Crippen LogP contribution in [0.15, 0.2) is 42.7 Å². The summed E-state index contributed by atoms with van der Waals surface area (Å²) in [5.74, 6) is 0.674. The molecule has 0 spiro atoms. The SMILES string of the molecule is Cc1cnc(NC(CN2CCOCC2)c2ccccc2)nc1. The summed E-state index contributed by atoms with van der Waals surface area (Å²) in [6.45, 7) is 6.47. The number of nitrogens with one attached hydrogen (secondary N) is 1. The predicted octanol–water partition coefficient (Wildman–Crippen LogP) is 2.27. The summed E-state index contributed by atoms with van der Waals surface area (Å²) < 4.78 is 5.43. The minimum atomic E-state index is 0.169. The summed E-state index contributed by atoms with van der Waals surface area (Å²) in [5, 5.41) is 3.47. The number of hydrogen-bond donors (Lipinski definition) is 1. The molecule has 1 aliphatic heterocycles. The molecule has 1 unspecified atom stereocenters. The molecule has 1 aromatic heterocycles. The van der Waals surface area contributed by atoms with E-state index in [1.54, 1.807) is 0 Å². The van der Waals surface area contributed by atoms with Crippen molar-refractivity contribution < 1.29 is 4.74 Å². The van der Waals surface area contributed by atoms with Gasteiger partial charge in [0.1, 0.15) is 0 Å². The molecule has 0 radical (unpaired) electrons. The van der Waals surface area contributed by atoms with Gasteiger partial charge in [0.05, 0.1) is 19.3 Å². The van der Waals surface area contributed by atoms with E-state index in [2.05, 4.69) is 44.5 Å². The Bertz CT molecular complexity index is 567. The van der Waals surface area contributed by atoms with Crippen LogP contribution in [-0.4, -0.2) is 47.7 Å². The zero-order valence-corrected chi connectivity index (χ0v) is 12.9. The fourth-order valence-electron chi connectivity index (χ4n) is 2.58. The van der Waals surface area contributed by atoms with Crippen molar-refractivity contribution in [3.8, 4) is 0 Å². The first-order chi connectivity index (χ1) is 10.8. The molecular weight excluding hydrogens is 276 g/mol. The van der Waals surface area contributed by atoms with Crippen LogP contribution in [0.2, 0.25) is 0 Å². The highest BCUT2D eigenvalue weighted by Crippen LogP contribution is 2.19. The second-order valence-corrected chi connectivity index (χ2v) is 5.60. The van der Waals surface area contributed by atoms with Crippen LogP contribution in [0.4, 0.5) is 5.95 Å². The summed E-state index contributed by atoms with van der Waals surface area (Å²) in [7, 11) is 0. The topological polar surface area (TPSA) is 50.3 Å². The number of nitrogens with zero attached hydrogens (tertiary/aromatic N) is 3. The molecule has 0 aliphatic carbocycles. The van der Waals surface area contributed by atoms with Crippen molar-refractivity contribution in [3.63, 3.8) is 0 Å². The number of aromatic nitrogens is 2. The maximum atomic E-state index is 5.43. The molecule has 3 rings (SSSR count). The van der Waals surface area contributed by atoms with Crippen LogP contribution in [0.1, 0.15) is 17.2 Å². The van der Waals surface area contributed by atoms with Gasteiger partial charge < -0.3 is 10.1 Å². The first kappa shape index (κ1) is 14.9. The van der Waals surface area contributed by atoms with Gasteiger partial charge in [-0.3, -0.25) is 4.90 Å². The Kier molecular flexibility index (Phi) is 4.98. The zero-order chi connectivity index (χ0) is 15.2. The first-order valence-corrected chi connectivity index (χ1v) is 7.71. The lowest BCUT2D eigenvalue weighted by atomic mass is 10.1. The van der Waals surface area contributed by atoms with Crippen molar-refractivity contribution in [1.82, 2.24) is 14.9 Å². The largest absolute Gasteiger partial charge is 0.379 e. The molecule has 1 aromatic carbocycles. The minimum Gasteiger partial charge on any atom is -0.379 e. The van der Waals surface area contributed by atoms with E-state index in [1.165, 1.54) is 5.56 Å². The summed E-state index contributed by atoms with van der Waals surface area (Å²) in [6.07, 6.45) is 3.68. The third-order valence-electron chi connectivity index (χ3n) is 3.83. The molecule has 2 heterocycles. The zero-order valence-electron chi connectivity index (χ0n) is 12.9. The van der Waals surface area contributed by atoms with E-state index in [4.69, 9.17) is 4.74 Å². The van der Waals surface area contributed by atoms with Crippen molar-refractivity contribution in [3.05, 3.63) is 53.9 Å². The molecule has 0 amide bonds. The maximum Gasteiger partial charge on any atom is 0.223 e. The van der Waals surface area contributed by atoms with E-state index in [0.29, 0.717) is 5.95 Å². The van der Waals surface area contributed by atoms with Crippen molar-refractivity contribution in [2.75, 3.05) is 38.2 Å². The van der Waals surface area contributed by atoms with Crippen molar-refractivity contribution >= 4 is 5.95 Å². The monoisotopic (exact) mass is 298 g/mol. The lowest BCUT2D eigenvalue weighted by molar-refractivity contribution is 0.0360. The second kappa shape index (κ2) is 7.33. The molecule has 0 bridgehead atoms. The van der Waals surface area contributed by atoms with Crippen molar-refractivity contribution in [1.29, 1.82) is 0 Å². The summed E-state index contributed by atoms with van der Waals surface area (Å²) in [6, 6.07) is 10.6. The van der Waals surface area contributed by atoms with Crippen molar-refractivity contribution in [2.45, 2.75) is 13.0 Å². The molecule has 1 N–H and O–H groups in total. The summed E-state index contributed by atoms with van der Waals surface area (Å²) >= 11 is 0.